The lowest BCUT2D eigenvalue weighted by Gasteiger charge is -2.12. The third-order valence-corrected chi connectivity index (χ3v) is 4.82. The first-order valence-corrected chi connectivity index (χ1v) is 10.0. The van der Waals surface area contributed by atoms with Crippen molar-refractivity contribution < 1.29 is 19.2 Å². The molecular formula is C24H18ClN3O5. The topological polar surface area (TPSA) is 114 Å². The normalized spacial score (nSPS) is 10.8. The number of nitrogens with one attached hydrogen (secondary N) is 1. The van der Waals surface area contributed by atoms with Crippen LogP contribution < -0.4 is 14.8 Å². The van der Waals surface area contributed by atoms with Crippen LogP contribution in [0.1, 0.15) is 11.1 Å². The number of rotatable bonds is 8. The van der Waals surface area contributed by atoms with Gasteiger partial charge in [0, 0.05) is 11.8 Å². The van der Waals surface area contributed by atoms with E-state index in [-0.39, 0.29) is 22.0 Å². The SMILES string of the molecule is COc1ccc(/C=C(\C#N)C(=O)Nc2ccc(Cl)c([N+](=O)[O-])c2)cc1OCc1ccccc1. The zero-order valence-corrected chi connectivity index (χ0v) is 18.2. The maximum atomic E-state index is 12.6. The Morgan fingerprint density at radius 2 is 1.91 bits per heavy atom. The second-order valence-electron chi connectivity index (χ2n) is 6.73. The number of hydrogen-bond donors (Lipinski definition) is 1. The minimum atomic E-state index is -0.725. The number of nitrogens with zero attached hydrogens (tertiary/aromatic N) is 2. The van der Waals surface area contributed by atoms with E-state index in [0.29, 0.717) is 23.7 Å². The molecule has 0 aromatic heterocycles. The molecule has 166 valence electrons. The van der Waals surface area contributed by atoms with Crippen LogP contribution in [-0.4, -0.2) is 17.9 Å². The summed E-state index contributed by atoms with van der Waals surface area (Å²) in [5.41, 5.74) is 1.08. The molecule has 0 saturated carbocycles. The Labute approximate surface area is 194 Å². The molecule has 1 amide bonds. The Kier molecular flexibility index (Phi) is 7.63. The average molecular weight is 464 g/mol. The van der Waals surface area contributed by atoms with Gasteiger partial charge in [-0.2, -0.15) is 5.26 Å². The number of nitriles is 1. The molecule has 0 heterocycles. The molecule has 9 heteroatoms. The van der Waals surface area contributed by atoms with Crippen molar-refractivity contribution in [3.05, 3.63) is 98.6 Å². The Balaban J connectivity index is 1.81. The summed E-state index contributed by atoms with van der Waals surface area (Å²) in [5, 5.41) is 22.9. The molecule has 0 aliphatic rings. The summed E-state index contributed by atoms with van der Waals surface area (Å²) < 4.78 is 11.2. The van der Waals surface area contributed by atoms with E-state index >= 15 is 0 Å². The smallest absolute Gasteiger partial charge is 0.289 e. The quantitative estimate of drug-likeness (QED) is 0.207. The van der Waals surface area contributed by atoms with Crippen molar-refractivity contribution in [3.8, 4) is 17.6 Å². The Bertz CT molecular complexity index is 1250. The molecule has 3 rings (SSSR count). The van der Waals surface area contributed by atoms with Gasteiger partial charge in [0.2, 0.25) is 0 Å². The number of amides is 1. The van der Waals surface area contributed by atoms with Gasteiger partial charge in [0.25, 0.3) is 11.6 Å². The lowest BCUT2D eigenvalue weighted by molar-refractivity contribution is -0.384. The Morgan fingerprint density at radius 1 is 1.15 bits per heavy atom. The van der Waals surface area contributed by atoms with E-state index < -0.39 is 10.8 Å². The number of methoxy groups -OCH3 is 1. The molecule has 0 aliphatic carbocycles. The van der Waals surface area contributed by atoms with Crippen molar-refractivity contribution in [2.45, 2.75) is 6.61 Å². The lowest BCUT2D eigenvalue weighted by atomic mass is 10.1. The van der Waals surface area contributed by atoms with Crippen molar-refractivity contribution >= 4 is 35.0 Å². The average Bonchev–Trinajstić information content (AvgIpc) is 2.82. The number of hydrogen-bond acceptors (Lipinski definition) is 6. The lowest BCUT2D eigenvalue weighted by Crippen LogP contribution is -2.13. The molecule has 1 N–H and O–H groups in total. The second-order valence-corrected chi connectivity index (χ2v) is 7.14. The molecule has 0 saturated heterocycles. The monoisotopic (exact) mass is 463 g/mol. The van der Waals surface area contributed by atoms with Crippen molar-refractivity contribution in [2.75, 3.05) is 12.4 Å². The van der Waals surface area contributed by atoms with Crippen LogP contribution in [0, 0.1) is 21.4 Å². The zero-order valence-electron chi connectivity index (χ0n) is 17.4. The minimum absolute atomic E-state index is 0.0599. The van der Waals surface area contributed by atoms with E-state index in [9.17, 15) is 20.2 Å². The number of ether oxygens (including phenoxy) is 2. The Morgan fingerprint density at radius 3 is 2.58 bits per heavy atom. The molecule has 3 aromatic carbocycles. The maximum absolute atomic E-state index is 12.6. The van der Waals surface area contributed by atoms with E-state index in [1.54, 1.807) is 18.2 Å². The van der Waals surface area contributed by atoms with Crippen LogP contribution in [0.15, 0.2) is 72.3 Å². The van der Waals surface area contributed by atoms with E-state index in [2.05, 4.69) is 5.32 Å². The number of carbonyl (C=O) groups is 1. The van der Waals surface area contributed by atoms with Gasteiger partial charge >= 0.3 is 0 Å². The van der Waals surface area contributed by atoms with Crippen LogP contribution in [0.25, 0.3) is 6.08 Å². The van der Waals surface area contributed by atoms with Crippen molar-refractivity contribution in [2.24, 2.45) is 0 Å². The molecule has 0 atom stereocenters. The van der Waals surface area contributed by atoms with Crippen molar-refractivity contribution in [3.63, 3.8) is 0 Å². The third-order valence-electron chi connectivity index (χ3n) is 4.50. The minimum Gasteiger partial charge on any atom is -0.493 e. The van der Waals surface area contributed by atoms with Crippen LogP contribution in [0.2, 0.25) is 5.02 Å². The Hall–Kier alpha value is -4.35. The van der Waals surface area contributed by atoms with Gasteiger partial charge in [-0.05, 0) is 41.5 Å². The van der Waals surface area contributed by atoms with Gasteiger partial charge in [-0.25, -0.2) is 0 Å². The number of anilines is 1. The largest absolute Gasteiger partial charge is 0.493 e. The number of nitro groups is 1. The first kappa shape index (κ1) is 23.3. The highest BCUT2D eigenvalue weighted by atomic mass is 35.5. The van der Waals surface area contributed by atoms with E-state index in [1.165, 1.54) is 25.3 Å². The molecule has 0 bridgehead atoms. The molecule has 0 radical (unpaired) electrons. The van der Waals surface area contributed by atoms with Gasteiger partial charge in [0.15, 0.2) is 11.5 Å². The highest BCUT2D eigenvalue weighted by Gasteiger charge is 2.16. The molecular weight excluding hydrogens is 446 g/mol. The van der Waals surface area contributed by atoms with Crippen molar-refractivity contribution in [1.29, 1.82) is 5.26 Å². The molecule has 33 heavy (non-hydrogen) atoms. The summed E-state index contributed by atoms with van der Waals surface area (Å²) in [7, 11) is 1.51. The molecule has 8 nitrogen and oxygen atoms in total. The fraction of sp³-hybridized carbons (Fsp3) is 0.0833. The predicted molar refractivity (Wildman–Crippen MR) is 124 cm³/mol. The molecule has 3 aromatic rings. The highest BCUT2D eigenvalue weighted by Crippen LogP contribution is 2.30. The fourth-order valence-electron chi connectivity index (χ4n) is 2.88. The summed E-state index contributed by atoms with van der Waals surface area (Å²) in [6, 6.07) is 20.2. The summed E-state index contributed by atoms with van der Waals surface area (Å²) in [6.45, 7) is 0.311. The summed E-state index contributed by atoms with van der Waals surface area (Å²) >= 11 is 5.79. The highest BCUT2D eigenvalue weighted by molar-refractivity contribution is 6.32. The predicted octanol–water partition coefficient (Wildman–Crippen LogP) is 5.38. The molecule has 0 fully saturated rings. The summed E-state index contributed by atoms with van der Waals surface area (Å²) in [5.74, 6) is 0.220. The number of nitro benzene ring substituents is 1. The van der Waals surface area contributed by atoms with Crippen LogP contribution in [0.4, 0.5) is 11.4 Å². The number of benzene rings is 3. The number of carbonyl (C=O) groups excluding carboxylic acids is 1. The van der Waals surface area contributed by atoms with Crippen molar-refractivity contribution in [1.82, 2.24) is 0 Å². The third kappa shape index (κ3) is 6.09. The summed E-state index contributed by atoms with van der Waals surface area (Å²) in [4.78, 5) is 23.0. The van der Waals surface area contributed by atoms with Gasteiger partial charge in [0.05, 0.1) is 12.0 Å². The molecule has 0 spiro atoms. The standard InChI is InChI=1S/C24H18ClN3O5/c1-32-22-10-7-17(12-23(22)33-15-16-5-3-2-4-6-16)11-18(14-26)24(29)27-19-8-9-20(25)21(13-19)28(30)31/h2-13H,15H2,1H3,(H,27,29)/b18-11+. The first-order valence-electron chi connectivity index (χ1n) is 9.63. The fourth-order valence-corrected chi connectivity index (χ4v) is 3.06. The van der Waals surface area contributed by atoms with E-state index in [0.717, 1.165) is 11.6 Å². The van der Waals surface area contributed by atoms with E-state index in [4.69, 9.17) is 21.1 Å². The second kappa shape index (κ2) is 10.8. The zero-order chi connectivity index (χ0) is 23.8. The number of halogens is 1. The van der Waals surface area contributed by atoms with Gasteiger partial charge in [-0.1, -0.05) is 48.0 Å². The van der Waals surface area contributed by atoms with Crippen LogP contribution in [-0.2, 0) is 11.4 Å². The molecule has 0 unspecified atom stereocenters. The van der Waals surface area contributed by atoms with Gasteiger partial charge in [-0.3, -0.25) is 14.9 Å². The van der Waals surface area contributed by atoms with Crippen LogP contribution in [0.5, 0.6) is 11.5 Å². The van der Waals surface area contributed by atoms with E-state index in [1.807, 2.05) is 36.4 Å². The van der Waals surface area contributed by atoms with Crippen LogP contribution in [0.3, 0.4) is 0 Å². The van der Waals surface area contributed by atoms with Gasteiger partial charge < -0.3 is 14.8 Å². The molecule has 0 aliphatic heterocycles. The maximum Gasteiger partial charge on any atom is 0.289 e. The summed E-state index contributed by atoms with van der Waals surface area (Å²) in [6.07, 6.45) is 1.38. The van der Waals surface area contributed by atoms with Crippen LogP contribution >= 0.6 is 11.6 Å². The van der Waals surface area contributed by atoms with Gasteiger partial charge in [0.1, 0.15) is 23.3 Å². The first-order chi connectivity index (χ1) is 15.9. The van der Waals surface area contributed by atoms with Gasteiger partial charge in [-0.15, -0.1) is 0 Å².